The van der Waals surface area contributed by atoms with Gasteiger partial charge in [0.05, 0.1) is 0 Å². The Morgan fingerprint density at radius 3 is 2.14 bits per heavy atom. The average Bonchev–Trinajstić information content (AvgIpc) is 2.68. The van der Waals surface area contributed by atoms with E-state index in [1.807, 2.05) is 65.6 Å². The van der Waals surface area contributed by atoms with Gasteiger partial charge in [-0.05, 0) is 61.7 Å². The number of hydrogen-bond acceptors (Lipinski definition) is 1. The molecule has 0 aliphatic carbocycles. The minimum atomic E-state index is -0.412. The topological polar surface area (TPSA) is 20.3 Å². The number of para-hydroxylation sites is 1. The zero-order chi connectivity index (χ0) is 19.9. The van der Waals surface area contributed by atoms with Crippen LogP contribution in [0.15, 0.2) is 78.9 Å². The Morgan fingerprint density at radius 2 is 1.46 bits per heavy atom. The van der Waals surface area contributed by atoms with Crippen LogP contribution in [0.5, 0.6) is 0 Å². The van der Waals surface area contributed by atoms with E-state index in [0.717, 1.165) is 23.2 Å². The third kappa shape index (κ3) is 2.91. The highest BCUT2D eigenvalue weighted by Crippen LogP contribution is 2.50. The molecule has 4 rings (SSSR count). The summed E-state index contributed by atoms with van der Waals surface area (Å²) in [6.07, 6.45) is 0.737. The van der Waals surface area contributed by atoms with E-state index in [1.54, 1.807) is 0 Å². The normalized spacial score (nSPS) is 20.5. The number of carbonyl (C=O) groups excluding carboxylic acids is 1. The lowest BCUT2D eigenvalue weighted by Gasteiger charge is -2.51. The van der Waals surface area contributed by atoms with Crippen LogP contribution in [0, 0.1) is 5.82 Å². The van der Waals surface area contributed by atoms with E-state index in [9.17, 15) is 9.18 Å². The molecule has 0 aromatic heterocycles. The Bertz CT molecular complexity index is 1010. The summed E-state index contributed by atoms with van der Waals surface area (Å²) in [7, 11) is 0. The molecule has 1 amide bonds. The fraction of sp³-hybridized carbons (Fsp3) is 0.240. The van der Waals surface area contributed by atoms with Gasteiger partial charge in [-0.2, -0.15) is 0 Å². The number of benzene rings is 3. The molecule has 0 spiro atoms. The van der Waals surface area contributed by atoms with Gasteiger partial charge in [-0.3, -0.25) is 4.79 Å². The molecular formula is C25H24FNO. The smallest absolute Gasteiger partial charge is 0.258 e. The van der Waals surface area contributed by atoms with Crippen molar-refractivity contribution in [3.63, 3.8) is 0 Å². The van der Waals surface area contributed by atoms with Crippen LogP contribution in [0.4, 0.5) is 10.1 Å². The summed E-state index contributed by atoms with van der Waals surface area (Å²) in [6.45, 7) is 6.39. The molecule has 1 atom stereocenters. The SMILES string of the molecule is CC1(C)C[C@@](C)(c2ccc(F)cc2)c2ccccc2N1C(=O)c1ccccc1. The van der Waals surface area contributed by atoms with Crippen LogP contribution in [0.1, 0.15) is 48.7 Å². The maximum atomic E-state index is 13.5. The minimum absolute atomic E-state index is 0.000735. The summed E-state index contributed by atoms with van der Waals surface area (Å²) in [5.74, 6) is -0.240. The summed E-state index contributed by atoms with van der Waals surface area (Å²) >= 11 is 0. The highest BCUT2D eigenvalue weighted by Gasteiger charge is 2.47. The van der Waals surface area contributed by atoms with E-state index >= 15 is 0 Å². The second kappa shape index (κ2) is 6.59. The quantitative estimate of drug-likeness (QED) is 0.543. The Kier molecular flexibility index (Phi) is 4.34. The van der Waals surface area contributed by atoms with E-state index < -0.39 is 5.54 Å². The van der Waals surface area contributed by atoms with Crippen molar-refractivity contribution in [1.29, 1.82) is 0 Å². The highest BCUT2D eigenvalue weighted by molar-refractivity contribution is 6.08. The van der Waals surface area contributed by atoms with E-state index in [2.05, 4.69) is 26.8 Å². The third-order valence-corrected chi connectivity index (χ3v) is 5.84. The summed E-state index contributed by atoms with van der Waals surface area (Å²) in [4.78, 5) is 15.4. The van der Waals surface area contributed by atoms with E-state index in [-0.39, 0.29) is 17.1 Å². The fourth-order valence-corrected chi connectivity index (χ4v) is 4.67. The van der Waals surface area contributed by atoms with Gasteiger partial charge >= 0.3 is 0 Å². The van der Waals surface area contributed by atoms with Crippen LogP contribution in [0.3, 0.4) is 0 Å². The summed E-state index contributed by atoms with van der Waals surface area (Å²) < 4.78 is 13.5. The highest BCUT2D eigenvalue weighted by atomic mass is 19.1. The van der Waals surface area contributed by atoms with Gasteiger partial charge in [0, 0.05) is 22.2 Å². The van der Waals surface area contributed by atoms with Crippen molar-refractivity contribution in [2.24, 2.45) is 0 Å². The van der Waals surface area contributed by atoms with Gasteiger partial charge in [-0.1, -0.05) is 55.5 Å². The lowest BCUT2D eigenvalue weighted by molar-refractivity contribution is 0.0948. The summed E-state index contributed by atoms with van der Waals surface area (Å²) in [5.41, 5.74) is 3.01. The average molecular weight is 373 g/mol. The molecule has 3 aromatic carbocycles. The summed E-state index contributed by atoms with van der Waals surface area (Å²) in [5, 5.41) is 0. The molecule has 0 N–H and O–H groups in total. The molecular weight excluding hydrogens is 349 g/mol. The number of hydrogen-bond donors (Lipinski definition) is 0. The maximum Gasteiger partial charge on any atom is 0.258 e. The van der Waals surface area contributed by atoms with Gasteiger partial charge in [-0.15, -0.1) is 0 Å². The lowest BCUT2D eigenvalue weighted by Crippen LogP contribution is -2.55. The van der Waals surface area contributed by atoms with Crippen LogP contribution < -0.4 is 4.90 Å². The van der Waals surface area contributed by atoms with Crippen molar-refractivity contribution >= 4 is 11.6 Å². The van der Waals surface area contributed by atoms with Gasteiger partial charge in [0.1, 0.15) is 5.82 Å². The maximum absolute atomic E-state index is 13.5. The van der Waals surface area contributed by atoms with Gasteiger partial charge in [0.25, 0.3) is 5.91 Å². The molecule has 28 heavy (non-hydrogen) atoms. The molecule has 1 heterocycles. The van der Waals surface area contributed by atoms with Gasteiger partial charge in [-0.25, -0.2) is 4.39 Å². The molecule has 2 nitrogen and oxygen atoms in total. The molecule has 142 valence electrons. The number of amides is 1. The monoisotopic (exact) mass is 373 g/mol. The van der Waals surface area contributed by atoms with Gasteiger partial charge in [0.15, 0.2) is 0 Å². The van der Waals surface area contributed by atoms with Crippen molar-refractivity contribution in [3.8, 4) is 0 Å². The molecule has 0 bridgehead atoms. The Hall–Kier alpha value is -2.94. The molecule has 3 heteroatoms. The molecule has 1 aliphatic heterocycles. The molecule has 1 aliphatic rings. The fourth-order valence-electron chi connectivity index (χ4n) is 4.67. The zero-order valence-electron chi connectivity index (χ0n) is 16.4. The van der Waals surface area contributed by atoms with Crippen molar-refractivity contribution in [2.45, 2.75) is 38.1 Å². The number of halogens is 1. The second-order valence-corrected chi connectivity index (χ2v) is 8.35. The number of fused-ring (bicyclic) bond motifs is 1. The van der Waals surface area contributed by atoms with Crippen LogP contribution in [0.25, 0.3) is 0 Å². The Balaban J connectivity index is 1.89. The number of anilines is 1. The molecule has 0 saturated carbocycles. The van der Waals surface area contributed by atoms with Crippen molar-refractivity contribution in [3.05, 3.63) is 101 Å². The first-order chi connectivity index (χ1) is 13.3. The van der Waals surface area contributed by atoms with E-state index in [4.69, 9.17) is 0 Å². The van der Waals surface area contributed by atoms with Gasteiger partial charge in [0.2, 0.25) is 0 Å². The third-order valence-electron chi connectivity index (χ3n) is 5.84. The van der Waals surface area contributed by atoms with E-state index in [0.29, 0.717) is 5.56 Å². The predicted molar refractivity (Wildman–Crippen MR) is 111 cm³/mol. The Labute approximate surface area is 165 Å². The Morgan fingerprint density at radius 1 is 0.857 bits per heavy atom. The van der Waals surface area contributed by atoms with E-state index in [1.165, 1.54) is 12.1 Å². The summed E-state index contributed by atoms with van der Waals surface area (Å²) in [6, 6.07) is 24.2. The van der Waals surface area contributed by atoms with Gasteiger partial charge < -0.3 is 4.90 Å². The standard InChI is InChI=1S/C25H24FNO/c1-24(2)17-25(3,19-13-15-20(26)16-14-19)21-11-7-8-12-22(21)27(24)23(28)18-9-5-4-6-10-18/h4-16H,17H2,1-3H3/t25-/m0/s1. The first kappa shape index (κ1) is 18.4. The van der Waals surface area contributed by atoms with Crippen LogP contribution in [-0.2, 0) is 5.41 Å². The largest absolute Gasteiger partial charge is 0.302 e. The molecule has 0 radical (unpaired) electrons. The van der Waals surface area contributed by atoms with Crippen molar-refractivity contribution in [2.75, 3.05) is 4.90 Å². The number of nitrogens with zero attached hydrogens (tertiary/aromatic N) is 1. The number of rotatable bonds is 2. The zero-order valence-corrected chi connectivity index (χ0v) is 16.4. The molecule has 0 saturated heterocycles. The predicted octanol–water partition coefficient (Wildman–Crippen LogP) is 5.96. The first-order valence-corrected chi connectivity index (χ1v) is 9.58. The van der Waals surface area contributed by atoms with Crippen LogP contribution >= 0.6 is 0 Å². The first-order valence-electron chi connectivity index (χ1n) is 9.58. The molecule has 0 fully saturated rings. The molecule has 3 aromatic rings. The van der Waals surface area contributed by atoms with Crippen molar-refractivity contribution < 1.29 is 9.18 Å². The van der Waals surface area contributed by atoms with Crippen LogP contribution in [0.2, 0.25) is 0 Å². The number of carbonyl (C=O) groups is 1. The van der Waals surface area contributed by atoms with Crippen LogP contribution in [-0.4, -0.2) is 11.4 Å². The molecule has 0 unspecified atom stereocenters. The second-order valence-electron chi connectivity index (χ2n) is 8.35. The lowest BCUT2D eigenvalue weighted by atomic mass is 9.65. The van der Waals surface area contributed by atoms with Crippen molar-refractivity contribution in [1.82, 2.24) is 0 Å². The minimum Gasteiger partial charge on any atom is -0.302 e.